The Morgan fingerprint density at radius 1 is 1.36 bits per heavy atom. The molecule has 2 aromatic rings. The van der Waals surface area contributed by atoms with Crippen molar-refractivity contribution in [2.45, 2.75) is 32.1 Å². The van der Waals surface area contributed by atoms with Gasteiger partial charge >= 0.3 is 5.97 Å². The number of benzene rings is 1. The van der Waals surface area contributed by atoms with Crippen LogP contribution in [0.5, 0.6) is 5.75 Å². The van der Waals surface area contributed by atoms with Crippen molar-refractivity contribution in [2.75, 3.05) is 32.6 Å². The minimum Gasteiger partial charge on any atom is -0.497 e. The van der Waals surface area contributed by atoms with Crippen LogP contribution in [0.2, 0.25) is 5.02 Å². The van der Waals surface area contributed by atoms with Gasteiger partial charge in [0, 0.05) is 24.0 Å². The molecule has 0 spiro atoms. The number of fused-ring (bicyclic) bond motifs is 1. The lowest BCUT2D eigenvalue weighted by molar-refractivity contribution is -0.152. The SMILES string of the molecule is COc1ccc2ncc(Cl)c(CCCC3(C(=O)O)CCN(CCCl)CC3)c2c1. The summed E-state index contributed by atoms with van der Waals surface area (Å²) in [6.45, 7) is 2.39. The van der Waals surface area contributed by atoms with Gasteiger partial charge in [0.1, 0.15) is 5.75 Å². The smallest absolute Gasteiger partial charge is 0.309 e. The Hall–Kier alpha value is -1.56. The summed E-state index contributed by atoms with van der Waals surface area (Å²) in [5, 5.41) is 11.5. The zero-order valence-electron chi connectivity index (χ0n) is 16.1. The number of aryl methyl sites for hydroxylation is 1. The van der Waals surface area contributed by atoms with Crippen LogP contribution in [-0.4, -0.2) is 53.6 Å². The molecule has 0 amide bonds. The number of carboxylic acid groups (broad SMARTS) is 1. The number of aliphatic carboxylic acids is 1. The molecule has 0 aliphatic carbocycles. The van der Waals surface area contributed by atoms with Crippen LogP contribution in [0.25, 0.3) is 10.9 Å². The van der Waals surface area contributed by atoms with E-state index in [-0.39, 0.29) is 0 Å². The number of alkyl halides is 1. The van der Waals surface area contributed by atoms with Crippen LogP contribution < -0.4 is 4.74 Å². The molecule has 0 atom stereocenters. The number of rotatable bonds is 8. The number of aromatic nitrogens is 1. The van der Waals surface area contributed by atoms with E-state index in [2.05, 4.69) is 9.88 Å². The molecule has 1 N–H and O–H groups in total. The number of piperidine rings is 1. The average Bonchev–Trinajstić information content (AvgIpc) is 2.70. The summed E-state index contributed by atoms with van der Waals surface area (Å²) in [5.74, 6) is 0.647. The highest BCUT2D eigenvalue weighted by Gasteiger charge is 2.40. The summed E-state index contributed by atoms with van der Waals surface area (Å²) in [7, 11) is 1.63. The second-order valence-electron chi connectivity index (χ2n) is 7.44. The van der Waals surface area contributed by atoms with E-state index in [0.29, 0.717) is 36.6 Å². The first-order valence-electron chi connectivity index (χ1n) is 9.62. The largest absolute Gasteiger partial charge is 0.497 e. The van der Waals surface area contributed by atoms with Crippen LogP contribution >= 0.6 is 23.2 Å². The van der Waals surface area contributed by atoms with Gasteiger partial charge in [-0.2, -0.15) is 0 Å². The monoisotopic (exact) mass is 424 g/mol. The van der Waals surface area contributed by atoms with E-state index in [4.69, 9.17) is 27.9 Å². The van der Waals surface area contributed by atoms with Crippen LogP contribution in [0.15, 0.2) is 24.4 Å². The molecular formula is C21H26Cl2N2O3. The Morgan fingerprint density at radius 3 is 2.75 bits per heavy atom. The number of carboxylic acids is 1. The number of carbonyl (C=O) groups is 1. The zero-order valence-corrected chi connectivity index (χ0v) is 17.6. The summed E-state index contributed by atoms with van der Waals surface area (Å²) in [6, 6.07) is 5.74. The highest BCUT2D eigenvalue weighted by molar-refractivity contribution is 6.32. The van der Waals surface area contributed by atoms with E-state index < -0.39 is 11.4 Å². The molecule has 1 aromatic heterocycles. The quantitative estimate of drug-likeness (QED) is 0.625. The Labute approximate surface area is 175 Å². The van der Waals surface area contributed by atoms with Gasteiger partial charge < -0.3 is 14.7 Å². The van der Waals surface area contributed by atoms with Gasteiger partial charge in [-0.25, -0.2) is 0 Å². The fourth-order valence-electron chi connectivity index (χ4n) is 4.08. The van der Waals surface area contributed by atoms with Gasteiger partial charge in [-0.05, 0) is 69.0 Å². The first kappa shape index (κ1) is 21.2. The van der Waals surface area contributed by atoms with Crippen LogP contribution in [0.3, 0.4) is 0 Å². The van der Waals surface area contributed by atoms with Gasteiger partial charge in [0.25, 0.3) is 0 Å². The van der Waals surface area contributed by atoms with Crippen molar-refractivity contribution in [1.29, 1.82) is 0 Å². The molecule has 1 aromatic carbocycles. The molecular weight excluding hydrogens is 399 g/mol. The number of halogens is 2. The van der Waals surface area contributed by atoms with Gasteiger partial charge in [0.15, 0.2) is 0 Å². The molecule has 152 valence electrons. The third-order valence-electron chi connectivity index (χ3n) is 5.88. The predicted octanol–water partition coefficient (Wildman–Crippen LogP) is 4.63. The summed E-state index contributed by atoms with van der Waals surface area (Å²) in [4.78, 5) is 18.7. The lowest BCUT2D eigenvalue weighted by Crippen LogP contribution is -2.45. The highest BCUT2D eigenvalue weighted by atomic mass is 35.5. The molecule has 28 heavy (non-hydrogen) atoms. The van der Waals surface area contributed by atoms with Crippen molar-refractivity contribution in [1.82, 2.24) is 9.88 Å². The van der Waals surface area contributed by atoms with Gasteiger partial charge in [-0.15, -0.1) is 11.6 Å². The lowest BCUT2D eigenvalue weighted by atomic mass is 9.74. The molecule has 1 fully saturated rings. The third kappa shape index (κ3) is 4.53. The molecule has 1 saturated heterocycles. The third-order valence-corrected chi connectivity index (χ3v) is 6.38. The molecule has 1 aliphatic heterocycles. The number of ether oxygens (including phenoxy) is 1. The van der Waals surface area contributed by atoms with Crippen molar-refractivity contribution in [3.63, 3.8) is 0 Å². The van der Waals surface area contributed by atoms with Crippen molar-refractivity contribution in [3.05, 3.63) is 35.0 Å². The maximum absolute atomic E-state index is 12.0. The summed E-state index contributed by atoms with van der Waals surface area (Å²) < 4.78 is 5.33. The number of nitrogens with zero attached hydrogens (tertiary/aromatic N) is 2. The van der Waals surface area contributed by atoms with Crippen LogP contribution in [0.1, 0.15) is 31.2 Å². The van der Waals surface area contributed by atoms with E-state index >= 15 is 0 Å². The second kappa shape index (κ2) is 9.29. The van der Waals surface area contributed by atoms with Crippen molar-refractivity contribution in [3.8, 4) is 5.75 Å². The fourth-order valence-corrected chi connectivity index (χ4v) is 4.57. The zero-order chi connectivity index (χ0) is 20.1. The number of hydrogen-bond acceptors (Lipinski definition) is 4. The Balaban J connectivity index is 1.73. The van der Waals surface area contributed by atoms with E-state index in [9.17, 15) is 9.90 Å². The standard InChI is InChI=1S/C21H26Cl2N2O3/c1-28-15-4-5-19-17(13-15)16(18(23)14-24-19)3-2-6-21(20(26)27)7-10-25(11-8-21)12-9-22/h4-5,13-14H,2-3,6-12H2,1H3,(H,26,27). The topological polar surface area (TPSA) is 62.7 Å². The predicted molar refractivity (Wildman–Crippen MR) is 113 cm³/mol. The fraction of sp³-hybridized carbons (Fsp3) is 0.524. The first-order chi connectivity index (χ1) is 13.5. The molecule has 0 radical (unpaired) electrons. The van der Waals surface area contributed by atoms with Gasteiger partial charge in [-0.1, -0.05) is 11.6 Å². The van der Waals surface area contributed by atoms with Crippen LogP contribution in [0, 0.1) is 5.41 Å². The van der Waals surface area contributed by atoms with Gasteiger partial charge in [0.05, 0.1) is 23.1 Å². The van der Waals surface area contributed by atoms with Crippen molar-refractivity contribution >= 4 is 40.1 Å². The van der Waals surface area contributed by atoms with Crippen molar-refractivity contribution in [2.24, 2.45) is 5.41 Å². The summed E-state index contributed by atoms with van der Waals surface area (Å²) in [6.07, 6.45) is 5.11. The molecule has 3 rings (SSSR count). The average molecular weight is 425 g/mol. The van der Waals surface area contributed by atoms with Crippen LogP contribution in [-0.2, 0) is 11.2 Å². The second-order valence-corrected chi connectivity index (χ2v) is 8.22. The summed E-state index contributed by atoms with van der Waals surface area (Å²) in [5.41, 5.74) is 1.21. The maximum Gasteiger partial charge on any atom is 0.309 e. The molecule has 7 heteroatoms. The molecule has 0 saturated carbocycles. The lowest BCUT2D eigenvalue weighted by Gasteiger charge is -2.38. The maximum atomic E-state index is 12.0. The molecule has 0 unspecified atom stereocenters. The first-order valence-corrected chi connectivity index (χ1v) is 10.5. The minimum atomic E-state index is -0.689. The number of hydrogen-bond donors (Lipinski definition) is 1. The Morgan fingerprint density at radius 2 is 2.11 bits per heavy atom. The highest BCUT2D eigenvalue weighted by Crippen LogP contribution is 2.38. The molecule has 0 bridgehead atoms. The molecule has 1 aliphatic rings. The van der Waals surface area contributed by atoms with E-state index in [1.165, 1.54) is 0 Å². The Kier molecular flexibility index (Phi) is 7.02. The molecule has 5 nitrogen and oxygen atoms in total. The van der Waals surface area contributed by atoms with E-state index in [1.54, 1.807) is 13.3 Å². The minimum absolute atomic E-state index is 0.581. The Bertz CT molecular complexity index is 836. The van der Waals surface area contributed by atoms with Crippen LogP contribution in [0.4, 0.5) is 0 Å². The van der Waals surface area contributed by atoms with Crippen molar-refractivity contribution < 1.29 is 14.6 Å². The van der Waals surface area contributed by atoms with E-state index in [1.807, 2.05) is 18.2 Å². The number of methoxy groups -OCH3 is 1. The van der Waals surface area contributed by atoms with E-state index in [0.717, 1.165) is 48.3 Å². The number of pyridine rings is 1. The number of likely N-dealkylation sites (tertiary alicyclic amines) is 1. The normalized spacial score (nSPS) is 17.0. The van der Waals surface area contributed by atoms with Gasteiger partial charge in [-0.3, -0.25) is 9.78 Å². The molecule has 2 heterocycles. The van der Waals surface area contributed by atoms with Gasteiger partial charge in [0.2, 0.25) is 0 Å². The summed E-state index contributed by atoms with van der Waals surface area (Å²) >= 11 is 12.3.